The molecule has 82 valence electrons. The monoisotopic (exact) mass is 227 g/mol. The molecule has 0 aliphatic carbocycles. The highest BCUT2D eigenvalue weighted by Gasteiger charge is 2.15. The van der Waals surface area contributed by atoms with Crippen molar-refractivity contribution in [3.63, 3.8) is 0 Å². The molecule has 15 heavy (non-hydrogen) atoms. The summed E-state index contributed by atoms with van der Waals surface area (Å²) in [5.41, 5.74) is 2.11. The summed E-state index contributed by atoms with van der Waals surface area (Å²) in [6.07, 6.45) is 2.28. The van der Waals surface area contributed by atoms with Gasteiger partial charge >= 0.3 is 0 Å². The molecular weight excluding hydrogens is 214 g/mol. The van der Waals surface area contributed by atoms with Gasteiger partial charge in [-0.2, -0.15) is 0 Å². The van der Waals surface area contributed by atoms with Crippen LogP contribution >= 0.6 is 11.6 Å². The zero-order valence-corrected chi connectivity index (χ0v) is 9.46. The number of nitro groups is 1. The first-order chi connectivity index (χ1) is 7.20. The van der Waals surface area contributed by atoms with Gasteiger partial charge in [0.15, 0.2) is 0 Å². The predicted molar refractivity (Wildman–Crippen MR) is 61.5 cm³/mol. The average molecular weight is 228 g/mol. The van der Waals surface area contributed by atoms with Gasteiger partial charge in [0.25, 0.3) is 5.69 Å². The number of aryl methyl sites for hydroxylation is 1. The first kappa shape index (κ1) is 12.0. The Kier molecular flexibility index (Phi) is 4.56. The third kappa shape index (κ3) is 2.93. The van der Waals surface area contributed by atoms with Crippen LogP contribution in [-0.4, -0.2) is 10.8 Å². The molecule has 1 aromatic carbocycles. The second-order valence-corrected chi connectivity index (χ2v) is 3.70. The Morgan fingerprint density at radius 2 is 2.20 bits per heavy atom. The largest absolute Gasteiger partial charge is 0.272 e. The fraction of sp³-hybridized carbons (Fsp3) is 0.455. The van der Waals surface area contributed by atoms with Gasteiger partial charge in [-0.25, -0.2) is 0 Å². The summed E-state index contributed by atoms with van der Waals surface area (Å²) in [6, 6.07) is 5.24. The van der Waals surface area contributed by atoms with Crippen molar-refractivity contribution >= 4 is 17.3 Å². The Hall–Kier alpha value is -1.09. The maximum atomic E-state index is 10.8. The van der Waals surface area contributed by atoms with E-state index in [1.54, 1.807) is 12.1 Å². The number of hydrogen-bond donors (Lipinski definition) is 0. The van der Waals surface area contributed by atoms with Crippen LogP contribution in [0.5, 0.6) is 0 Å². The Bertz CT molecular complexity index is 352. The number of hydrogen-bond acceptors (Lipinski definition) is 2. The average Bonchev–Trinajstić information content (AvgIpc) is 2.25. The highest BCUT2D eigenvalue weighted by molar-refractivity contribution is 6.17. The fourth-order valence-corrected chi connectivity index (χ4v) is 1.79. The van der Waals surface area contributed by atoms with Gasteiger partial charge in [0.05, 0.1) is 4.92 Å². The number of halogens is 1. The van der Waals surface area contributed by atoms with Crippen molar-refractivity contribution in [2.75, 3.05) is 5.88 Å². The zero-order valence-electron chi connectivity index (χ0n) is 8.70. The lowest BCUT2D eigenvalue weighted by Crippen LogP contribution is -2.00. The van der Waals surface area contributed by atoms with Crippen molar-refractivity contribution in [3.05, 3.63) is 39.4 Å². The van der Waals surface area contributed by atoms with Crippen LogP contribution in [0, 0.1) is 10.1 Å². The molecule has 0 aliphatic rings. The SMILES string of the molecule is CCc1cccc([N+](=O)[O-])c1CCCCl. The molecule has 1 aromatic rings. The third-order valence-electron chi connectivity index (χ3n) is 2.39. The molecule has 0 N–H and O–H groups in total. The Morgan fingerprint density at radius 1 is 1.47 bits per heavy atom. The van der Waals surface area contributed by atoms with Crippen molar-refractivity contribution in [2.45, 2.75) is 26.2 Å². The van der Waals surface area contributed by atoms with Gasteiger partial charge in [-0.15, -0.1) is 11.6 Å². The molecule has 1 rings (SSSR count). The summed E-state index contributed by atoms with van der Waals surface area (Å²) in [7, 11) is 0. The summed E-state index contributed by atoms with van der Waals surface area (Å²) in [6.45, 7) is 2.00. The van der Waals surface area contributed by atoms with E-state index in [4.69, 9.17) is 11.6 Å². The smallest absolute Gasteiger partial charge is 0.258 e. The molecule has 0 saturated carbocycles. The first-order valence-electron chi connectivity index (χ1n) is 5.01. The number of rotatable bonds is 5. The Balaban J connectivity index is 3.08. The Labute approximate surface area is 94.2 Å². The van der Waals surface area contributed by atoms with Crippen LogP contribution in [0.3, 0.4) is 0 Å². The van der Waals surface area contributed by atoms with Gasteiger partial charge in [-0.05, 0) is 24.8 Å². The van der Waals surface area contributed by atoms with Crippen molar-refractivity contribution in [1.29, 1.82) is 0 Å². The normalized spacial score (nSPS) is 10.3. The minimum atomic E-state index is -0.317. The second-order valence-electron chi connectivity index (χ2n) is 3.32. The quantitative estimate of drug-likeness (QED) is 0.440. The van der Waals surface area contributed by atoms with Gasteiger partial charge in [-0.3, -0.25) is 10.1 Å². The van der Waals surface area contributed by atoms with E-state index in [1.807, 2.05) is 13.0 Å². The maximum absolute atomic E-state index is 10.8. The van der Waals surface area contributed by atoms with Crippen LogP contribution in [0.2, 0.25) is 0 Å². The molecule has 0 atom stereocenters. The van der Waals surface area contributed by atoms with Crippen LogP contribution in [-0.2, 0) is 12.8 Å². The van der Waals surface area contributed by atoms with Gasteiger partial charge in [0, 0.05) is 17.5 Å². The molecule has 0 aliphatic heterocycles. The highest BCUT2D eigenvalue weighted by Crippen LogP contribution is 2.24. The first-order valence-corrected chi connectivity index (χ1v) is 5.55. The molecule has 0 unspecified atom stereocenters. The molecule has 0 aromatic heterocycles. The number of nitrogens with zero attached hydrogens (tertiary/aromatic N) is 1. The molecule has 0 radical (unpaired) electrons. The van der Waals surface area contributed by atoms with Gasteiger partial charge in [0.2, 0.25) is 0 Å². The Morgan fingerprint density at radius 3 is 2.73 bits per heavy atom. The van der Waals surface area contributed by atoms with Crippen LogP contribution in [0.1, 0.15) is 24.5 Å². The van der Waals surface area contributed by atoms with Crippen molar-refractivity contribution in [3.8, 4) is 0 Å². The third-order valence-corrected chi connectivity index (χ3v) is 2.65. The van der Waals surface area contributed by atoms with Gasteiger partial charge in [0.1, 0.15) is 0 Å². The van der Waals surface area contributed by atoms with Gasteiger partial charge in [-0.1, -0.05) is 19.1 Å². The number of nitro benzene ring substituents is 1. The minimum Gasteiger partial charge on any atom is -0.258 e. The molecule has 3 nitrogen and oxygen atoms in total. The van der Waals surface area contributed by atoms with E-state index >= 15 is 0 Å². The molecule has 0 heterocycles. The lowest BCUT2D eigenvalue weighted by molar-refractivity contribution is -0.385. The summed E-state index contributed by atoms with van der Waals surface area (Å²) in [5, 5.41) is 10.8. The molecule has 0 spiro atoms. The summed E-state index contributed by atoms with van der Waals surface area (Å²) < 4.78 is 0. The van der Waals surface area contributed by atoms with E-state index < -0.39 is 0 Å². The number of alkyl halides is 1. The summed E-state index contributed by atoms with van der Waals surface area (Å²) in [4.78, 5) is 10.5. The summed E-state index contributed by atoms with van der Waals surface area (Å²) >= 11 is 5.61. The van der Waals surface area contributed by atoms with Gasteiger partial charge < -0.3 is 0 Å². The fourth-order valence-electron chi connectivity index (χ4n) is 1.66. The minimum absolute atomic E-state index is 0.222. The van der Waals surface area contributed by atoms with Crippen LogP contribution in [0.4, 0.5) is 5.69 Å². The van der Waals surface area contributed by atoms with E-state index in [0.29, 0.717) is 12.3 Å². The van der Waals surface area contributed by atoms with E-state index in [-0.39, 0.29) is 10.6 Å². The van der Waals surface area contributed by atoms with Crippen molar-refractivity contribution in [1.82, 2.24) is 0 Å². The zero-order chi connectivity index (χ0) is 11.3. The lowest BCUT2D eigenvalue weighted by Gasteiger charge is -2.07. The standard InChI is InChI=1S/C11H14ClNO2/c1-2-9-5-3-7-11(13(14)15)10(9)6-4-8-12/h3,5,7H,2,4,6,8H2,1H3. The molecule has 0 fully saturated rings. The van der Waals surface area contributed by atoms with E-state index in [9.17, 15) is 10.1 Å². The number of benzene rings is 1. The maximum Gasteiger partial charge on any atom is 0.272 e. The predicted octanol–water partition coefficient (Wildman–Crippen LogP) is 3.33. The second kappa shape index (κ2) is 5.71. The molecule has 0 amide bonds. The van der Waals surface area contributed by atoms with Crippen molar-refractivity contribution in [2.24, 2.45) is 0 Å². The van der Waals surface area contributed by atoms with Crippen molar-refractivity contribution < 1.29 is 4.92 Å². The van der Waals surface area contributed by atoms with E-state index in [1.165, 1.54) is 0 Å². The lowest BCUT2D eigenvalue weighted by atomic mass is 9.99. The molecule has 0 bridgehead atoms. The topological polar surface area (TPSA) is 43.1 Å². The molecule has 0 saturated heterocycles. The van der Waals surface area contributed by atoms with Crippen LogP contribution in [0.25, 0.3) is 0 Å². The molecular formula is C11H14ClNO2. The highest BCUT2D eigenvalue weighted by atomic mass is 35.5. The van der Waals surface area contributed by atoms with E-state index in [0.717, 1.165) is 24.0 Å². The van der Waals surface area contributed by atoms with Crippen LogP contribution < -0.4 is 0 Å². The molecule has 4 heteroatoms. The van der Waals surface area contributed by atoms with E-state index in [2.05, 4.69) is 0 Å². The summed E-state index contributed by atoms with van der Waals surface area (Å²) in [5.74, 6) is 0.537. The van der Waals surface area contributed by atoms with Crippen LogP contribution in [0.15, 0.2) is 18.2 Å².